The maximum Gasteiger partial charge on any atom is 0.134 e. The van der Waals surface area contributed by atoms with Crippen molar-refractivity contribution in [3.05, 3.63) is 28.8 Å². The van der Waals surface area contributed by atoms with Crippen molar-refractivity contribution in [3.8, 4) is 5.75 Å². The predicted octanol–water partition coefficient (Wildman–Crippen LogP) is 3.11. The second-order valence-electron chi connectivity index (χ2n) is 4.35. The maximum absolute atomic E-state index is 9.34. The van der Waals surface area contributed by atoms with Crippen LogP contribution in [0, 0.1) is 5.92 Å². The van der Waals surface area contributed by atoms with E-state index in [1.807, 2.05) is 12.1 Å². The first-order valence-corrected chi connectivity index (χ1v) is 5.76. The minimum Gasteiger partial charge on any atom is -0.506 e. The first-order valence-electron chi connectivity index (χ1n) is 5.38. The van der Waals surface area contributed by atoms with Gasteiger partial charge in [0.25, 0.3) is 0 Å². The van der Waals surface area contributed by atoms with Crippen molar-refractivity contribution in [2.45, 2.75) is 25.8 Å². The molecule has 82 valence electrons. The molecule has 0 bridgehead atoms. The Morgan fingerprint density at radius 3 is 2.93 bits per heavy atom. The summed E-state index contributed by atoms with van der Waals surface area (Å²) in [4.78, 5) is 0. The van der Waals surface area contributed by atoms with Gasteiger partial charge in [-0.25, -0.2) is 0 Å². The van der Waals surface area contributed by atoms with Crippen LogP contribution in [0.4, 0.5) is 0 Å². The zero-order chi connectivity index (χ0) is 10.8. The topological polar surface area (TPSA) is 32.3 Å². The van der Waals surface area contributed by atoms with Gasteiger partial charge in [0, 0.05) is 6.04 Å². The molecule has 2 rings (SSSR count). The third-order valence-electron chi connectivity index (χ3n) is 3.04. The molecule has 1 aromatic carbocycles. The molecule has 0 spiro atoms. The Kier molecular flexibility index (Phi) is 3.17. The van der Waals surface area contributed by atoms with E-state index in [0.717, 1.165) is 18.9 Å². The number of benzene rings is 1. The fourth-order valence-corrected chi connectivity index (χ4v) is 2.29. The molecular weight excluding hydrogens is 210 g/mol. The van der Waals surface area contributed by atoms with E-state index in [1.165, 1.54) is 12.0 Å². The quantitative estimate of drug-likeness (QED) is 0.770. The molecule has 0 radical (unpaired) electrons. The van der Waals surface area contributed by atoms with Crippen LogP contribution in [-0.2, 0) is 0 Å². The zero-order valence-electron chi connectivity index (χ0n) is 8.83. The fourth-order valence-electron chi connectivity index (χ4n) is 2.10. The third kappa shape index (κ3) is 2.44. The average Bonchev–Trinajstić information content (AvgIpc) is 2.22. The number of piperidine rings is 1. The van der Waals surface area contributed by atoms with Crippen molar-refractivity contribution in [3.63, 3.8) is 0 Å². The van der Waals surface area contributed by atoms with Crippen LogP contribution in [0.25, 0.3) is 0 Å². The lowest BCUT2D eigenvalue weighted by Crippen LogP contribution is -2.30. The SMILES string of the molecule is CC1CCNC(c2ccc(O)c(Cl)c2)C1. The number of phenolic OH excluding ortho intramolecular Hbond substituents is 1. The van der Waals surface area contributed by atoms with Gasteiger partial charge in [0.2, 0.25) is 0 Å². The highest BCUT2D eigenvalue weighted by Gasteiger charge is 2.20. The molecule has 2 nitrogen and oxygen atoms in total. The minimum absolute atomic E-state index is 0.157. The van der Waals surface area contributed by atoms with Gasteiger partial charge in [0.05, 0.1) is 5.02 Å². The molecule has 1 aliphatic heterocycles. The van der Waals surface area contributed by atoms with E-state index in [4.69, 9.17) is 11.6 Å². The molecule has 2 unspecified atom stereocenters. The summed E-state index contributed by atoms with van der Waals surface area (Å²) < 4.78 is 0. The normalized spacial score (nSPS) is 26.5. The molecule has 1 aliphatic rings. The molecule has 0 aromatic heterocycles. The highest BCUT2D eigenvalue weighted by atomic mass is 35.5. The molecule has 0 amide bonds. The highest BCUT2D eigenvalue weighted by Crippen LogP contribution is 2.31. The standard InChI is InChI=1S/C12H16ClNO/c1-8-4-5-14-11(6-8)9-2-3-12(15)10(13)7-9/h2-3,7-8,11,14-15H,4-6H2,1H3. The largest absolute Gasteiger partial charge is 0.506 e. The number of hydrogen-bond donors (Lipinski definition) is 2. The Balaban J connectivity index is 2.18. The molecule has 1 aromatic rings. The number of aromatic hydroxyl groups is 1. The van der Waals surface area contributed by atoms with Gasteiger partial charge in [-0.1, -0.05) is 24.6 Å². The number of phenols is 1. The molecule has 2 N–H and O–H groups in total. The Bertz CT molecular complexity index is 353. The van der Waals surface area contributed by atoms with Crippen molar-refractivity contribution in [2.75, 3.05) is 6.54 Å². The van der Waals surface area contributed by atoms with Crippen LogP contribution in [0.2, 0.25) is 5.02 Å². The lowest BCUT2D eigenvalue weighted by Gasteiger charge is -2.28. The van der Waals surface area contributed by atoms with Crippen molar-refractivity contribution in [1.29, 1.82) is 0 Å². The first kappa shape index (κ1) is 10.8. The summed E-state index contributed by atoms with van der Waals surface area (Å²) in [6.45, 7) is 3.33. The minimum atomic E-state index is 0.157. The van der Waals surface area contributed by atoms with Crippen LogP contribution >= 0.6 is 11.6 Å². The summed E-state index contributed by atoms with van der Waals surface area (Å²) in [6, 6.07) is 5.84. The molecule has 1 fully saturated rings. The fraction of sp³-hybridized carbons (Fsp3) is 0.500. The van der Waals surface area contributed by atoms with Crippen molar-refractivity contribution < 1.29 is 5.11 Å². The summed E-state index contributed by atoms with van der Waals surface area (Å²) in [5.41, 5.74) is 1.17. The van der Waals surface area contributed by atoms with Crippen LogP contribution in [-0.4, -0.2) is 11.7 Å². The average molecular weight is 226 g/mol. The Labute approximate surface area is 95.3 Å². The van der Waals surface area contributed by atoms with Gasteiger partial charge in [-0.05, 0) is 43.0 Å². The molecular formula is C12H16ClNO. The van der Waals surface area contributed by atoms with Crippen LogP contribution in [0.3, 0.4) is 0 Å². The van der Waals surface area contributed by atoms with Crippen LogP contribution in [0.1, 0.15) is 31.4 Å². The van der Waals surface area contributed by atoms with Gasteiger partial charge in [0.15, 0.2) is 0 Å². The van der Waals surface area contributed by atoms with Crippen molar-refractivity contribution in [2.24, 2.45) is 5.92 Å². The van der Waals surface area contributed by atoms with Crippen LogP contribution in [0.15, 0.2) is 18.2 Å². The van der Waals surface area contributed by atoms with Crippen molar-refractivity contribution in [1.82, 2.24) is 5.32 Å². The van der Waals surface area contributed by atoms with E-state index < -0.39 is 0 Å². The predicted molar refractivity (Wildman–Crippen MR) is 62.3 cm³/mol. The number of nitrogens with one attached hydrogen (secondary N) is 1. The molecule has 15 heavy (non-hydrogen) atoms. The summed E-state index contributed by atoms with van der Waals surface area (Å²) in [5, 5.41) is 13.3. The van der Waals surface area contributed by atoms with E-state index in [9.17, 15) is 5.11 Å². The molecule has 0 saturated carbocycles. The van der Waals surface area contributed by atoms with Crippen molar-refractivity contribution >= 4 is 11.6 Å². The van der Waals surface area contributed by atoms with Gasteiger partial charge in [-0.2, -0.15) is 0 Å². The van der Waals surface area contributed by atoms with E-state index in [1.54, 1.807) is 6.07 Å². The lowest BCUT2D eigenvalue weighted by molar-refractivity contribution is 0.325. The van der Waals surface area contributed by atoms with Gasteiger partial charge >= 0.3 is 0 Å². The number of hydrogen-bond acceptors (Lipinski definition) is 2. The van der Waals surface area contributed by atoms with E-state index >= 15 is 0 Å². The Morgan fingerprint density at radius 2 is 2.27 bits per heavy atom. The monoisotopic (exact) mass is 225 g/mol. The summed E-state index contributed by atoms with van der Waals surface area (Å²) in [5.74, 6) is 0.910. The number of halogens is 1. The molecule has 1 heterocycles. The van der Waals surface area contributed by atoms with Gasteiger partial charge in [0.1, 0.15) is 5.75 Å². The van der Waals surface area contributed by atoms with Gasteiger partial charge in [-0.3, -0.25) is 0 Å². The van der Waals surface area contributed by atoms with Gasteiger partial charge in [-0.15, -0.1) is 0 Å². The van der Waals surface area contributed by atoms with Crippen LogP contribution < -0.4 is 5.32 Å². The Hall–Kier alpha value is -0.730. The second-order valence-corrected chi connectivity index (χ2v) is 4.75. The van der Waals surface area contributed by atoms with Gasteiger partial charge < -0.3 is 10.4 Å². The smallest absolute Gasteiger partial charge is 0.134 e. The first-order chi connectivity index (χ1) is 7.16. The summed E-state index contributed by atoms with van der Waals surface area (Å²) >= 11 is 5.89. The molecule has 3 heteroatoms. The zero-order valence-corrected chi connectivity index (χ0v) is 9.59. The molecule has 1 saturated heterocycles. The van der Waals surface area contributed by atoms with E-state index in [-0.39, 0.29) is 5.75 Å². The summed E-state index contributed by atoms with van der Waals surface area (Å²) in [6.07, 6.45) is 2.38. The number of rotatable bonds is 1. The maximum atomic E-state index is 9.34. The highest BCUT2D eigenvalue weighted by molar-refractivity contribution is 6.32. The van der Waals surface area contributed by atoms with E-state index in [2.05, 4.69) is 12.2 Å². The lowest BCUT2D eigenvalue weighted by atomic mass is 9.90. The second kappa shape index (κ2) is 4.42. The molecule has 2 atom stereocenters. The van der Waals surface area contributed by atoms with Crippen LogP contribution in [0.5, 0.6) is 5.75 Å². The Morgan fingerprint density at radius 1 is 1.47 bits per heavy atom. The van der Waals surface area contributed by atoms with E-state index in [0.29, 0.717) is 11.1 Å². The third-order valence-corrected chi connectivity index (χ3v) is 3.34. The summed E-state index contributed by atoms with van der Waals surface area (Å²) in [7, 11) is 0. The molecule has 0 aliphatic carbocycles.